The monoisotopic (exact) mass is 312 g/mol. The van der Waals surface area contributed by atoms with Crippen LogP contribution in [0, 0.1) is 0 Å². The van der Waals surface area contributed by atoms with Crippen molar-refractivity contribution >= 4 is 17.7 Å². The van der Waals surface area contributed by atoms with Gasteiger partial charge < -0.3 is 5.73 Å². The summed E-state index contributed by atoms with van der Waals surface area (Å²) in [6, 6.07) is 7.58. The Labute approximate surface area is 132 Å². The SMILES string of the molecule is NC(=O)c1cnn(Cc2ccc(CN3C(=O)CCC3=O)cc2)c1. The topological polar surface area (TPSA) is 98.3 Å². The molecule has 1 aromatic heterocycles. The van der Waals surface area contributed by atoms with Gasteiger partial charge in [0.15, 0.2) is 0 Å². The minimum Gasteiger partial charge on any atom is -0.366 e. The molecular formula is C16H16N4O3. The van der Waals surface area contributed by atoms with Crippen LogP contribution in [0.15, 0.2) is 36.7 Å². The molecule has 7 nitrogen and oxygen atoms in total. The van der Waals surface area contributed by atoms with E-state index in [0.717, 1.165) is 11.1 Å². The van der Waals surface area contributed by atoms with Crippen molar-refractivity contribution in [1.82, 2.24) is 14.7 Å². The smallest absolute Gasteiger partial charge is 0.251 e. The zero-order valence-electron chi connectivity index (χ0n) is 12.4. The number of likely N-dealkylation sites (tertiary alicyclic amines) is 1. The average molecular weight is 312 g/mol. The molecule has 118 valence electrons. The summed E-state index contributed by atoms with van der Waals surface area (Å²) in [6.07, 6.45) is 3.63. The van der Waals surface area contributed by atoms with Crippen molar-refractivity contribution < 1.29 is 14.4 Å². The zero-order chi connectivity index (χ0) is 16.4. The number of nitrogens with two attached hydrogens (primary N) is 1. The largest absolute Gasteiger partial charge is 0.366 e. The van der Waals surface area contributed by atoms with Gasteiger partial charge in [0, 0.05) is 19.0 Å². The van der Waals surface area contributed by atoms with Crippen molar-refractivity contribution in [2.24, 2.45) is 5.73 Å². The molecule has 1 aromatic carbocycles. The lowest BCUT2D eigenvalue weighted by molar-refractivity contribution is -0.139. The third-order valence-electron chi connectivity index (χ3n) is 3.78. The number of benzene rings is 1. The van der Waals surface area contributed by atoms with Gasteiger partial charge in [-0.3, -0.25) is 24.0 Å². The predicted octanol–water partition coefficient (Wildman–Crippen LogP) is 0.679. The minimum atomic E-state index is -0.508. The highest BCUT2D eigenvalue weighted by molar-refractivity contribution is 6.01. The van der Waals surface area contributed by atoms with Crippen molar-refractivity contribution in [2.45, 2.75) is 25.9 Å². The van der Waals surface area contributed by atoms with E-state index in [1.54, 1.807) is 10.9 Å². The summed E-state index contributed by atoms with van der Waals surface area (Å²) in [4.78, 5) is 35.6. The van der Waals surface area contributed by atoms with Gasteiger partial charge >= 0.3 is 0 Å². The first kappa shape index (κ1) is 15.0. The Bertz CT molecular complexity index is 748. The molecule has 2 N–H and O–H groups in total. The first-order valence-electron chi connectivity index (χ1n) is 7.26. The highest BCUT2D eigenvalue weighted by atomic mass is 16.2. The predicted molar refractivity (Wildman–Crippen MR) is 81.1 cm³/mol. The molecule has 0 radical (unpaired) electrons. The highest BCUT2D eigenvalue weighted by Crippen LogP contribution is 2.16. The molecule has 23 heavy (non-hydrogen) atoms. The summed E-state index contributed by atoms with van der Waals surface area (Å²) in [5.74, 6) is -0.740. The van der Waals surface area contributed by atoms with Gasteiger partial charge in [0.2, 0.25) is 11.8 Å². The van der Waals surface area contributed by atoms with Crippen LogP contribution in [0.4, 0.5) is 0 Å². The summed E-state index contributed by atoms with van der Waals surface area (Å²) >= 11 is 0. The summed E-state index contributed by atoms with van der Waals surface area (Å²) in [5.41, 5.74) is 7.45. The number of hydrogen-bond acceptors (Lipinski definition) is 4. The van der Waals surface area contributed by atoms with Gasteiger partial charge in [-0.15, -0.1) is 0 Å². The molecule has 3 amide bonds. The Hall–Kier alpha value is -2.96. The van der Waals surface area contributed by atoms with Crippen molar-refractivity contribution in [1.29, 1.82) is 0 Å². The van der Waals surface area contributed by atoms with Crippen molar-refractivity contribution in [3.8, 4) is 0 Å². The van der Waals surface area contributed by atoms with Crippen LogP contribution in [-0.2, 0) is 22.7 Å². The maximum atomic E-state index is 11.6. The molecule has 1 aliphatic heterocycles. The molecular weight excluding hydrogens is 296 g/mol. The molecule has 2 heterocycles. The van der Waals surface area contributed by atoms with Crippen molar-refractivity contribution in [3.63, 3.8) is 0 Å². The molecule has 1 fully saturated rings. The number of rotatable bonds is 5. The lowest BCUT2D eigenvalue weighted by Crippen LogP contribution is -2.28. The van der Waals surface area contributed by atoms with E-state index in [2.05, 4.69) is 5.10 Å². The van der Waals surface area contributed by atoms with Gasteiger partial charge in [0.1, 0.15) is 0 Å². The molecule has 0 aliphatic carbocycles. The molecule has 0 unspecified atom stereocenters. The summed E-state index contributed by atoms with van der Waals surface area (Å²) < 4.78 is 1.63. The lowest BCUT2D eigenvalue weighted by Gasteiger charge is -2.14. The van der Waals surface area contributed by atoms with E-state index in [1.807, 2.05) is 24.3 Å². The quantitative estimate of drug-likeness (QED) is 0.821. The van der Waals surface area contributed by atoms with E-state index in [0.29, 0.717) is 31.5 Å². The summed E-state index contributed by atoms with van der Waals surface area (Å²) in [7, 11) is 0. The van der Waals surface area contributed by atoms with Crippen LogP contribution >= 0.6 is 0 Å². The molecule has 0 bridgehead atoms. The van der Waals surface area contributed by atoms with Crippen LogP contribution in [0.1, 0.15) is 34.3 Å². The standard InChI is InChI=1S/C16H16N4O3/c17-16(23)13-7-18-19(10-13)8-11-1-3-12(4-2-11)9-20-14(21)5-6-15(20)22/h1-4,7,10H,5-6,8-9H2,(H2,17,23). The van der Waals surface area contributed by atoms with E-state index in [1.165, 1.54) is 11.1 Å². The lowest BCUT2D eigenvalue weighted by atomic mass is 10.1. The molecule has 2 aromatic rings. The fraction of sp³-hybridized carbons (Fsp3) is 0.250. The first-order valence-corrected chi connectivity index (χ1v) is 7.26. The van der Waals surface area contributed by atoms with Crippen LogP contribution in [0.25, 0.3) is 0 Å². The van der Waals surface area contributed by atoms with Crippen LogP contribution in [0.5, 0.6) is 0 Å². The minimum absolute atomic E-state index is 0.116. The van der Waals surface area contributed by atoms with Crippen LogP contribution in [0.3, 0.4) is 0 Å². The number of nitrogens with zero attached hydrogens (tertiary/aromatic N) is 3. The molecule has 3 rings (SSSR count). The van der Waals surface area contributed by atoms with E-state index in [4.69, 9.17) is 5.73 Å². The Morgan fingerprint density at radius 3 is 2.13 bits per heavy atom. The van der Waals surface area contributed by atoms with Crippen molar-refractivity contribution in [3.05, 3.63) is 53.3 Å². The Morgan fingerprint density at radius 2 is 1.61 bits per heavy atom. The number of hydrogen-bond donors (Lipinski definition) is 1. The number of carbonyl (C=O) groups is 3. The van der Waals surface area contributed by atoms with Crippen LogP contribution in [0.2, 0.25) is 0 Å². The van der Waals surface area contributed by atoms with Gasteiger partial charge in [0.25, 0.3) is 5.91 Å². The third-order valence-corrected chi connectivity index (χ3v) is 3.78. The van der Waals surface area contributed by atoms with E-state index in [-0.39, 0.29) is 11.8 Å². The Morgan fingerprint density at radius 1 is 1.04 bits per heavy atom. The highest BCUT2D eigenvalue weighted by Gasteiger charge is 2.28. The number of primary amides is 1. The van der Waals surface area contributed by atoms with Gasteiger partial charge in [-0.1, -0.05) is 24.3 Å². The normalized spacial score (nSPS) is 14.5. The molecule has 0 spiro atoms. The Balaban J connectivity index is 1.65. The van der Waals surface area contributed by atoms with Gasteiger partial charge in [-0.2, -0.15) is 5.10 Å². The molecule has 0 saturated carbocycles. The average Bonchev–Trinajstić information content (AvgIpc) is 3.11. The fourth-order valence-corrected chi connectivity index (χ4v) is 2.50. The summed E-state index contributed by atoms with van der Waals surface area (Å²) in [6.45, 7) is 0.820. The van der Waals surface area contributed by atoms with Crippen molar-refractivity contribution in [2.75, 3.05) is 0 Å². The molecule has 1 saturated heterocycles. The first-order chi connectivity index (χ1) is 11.0. The molecule has 0 atom stereocenters. The van der Waals surface area contributed by atoms with E-state index >= 15 is 0 Å². The van der Waals surface area contributed by atoms with Crippen LogP contribution < -0.4 is 5.73 Å². The summed E-state index contributed by atoms with van der Waals surface area (Å²) in [5, 5.41) is 4.08. The number of aromatic nitrogens is 2. The second-order valence-electron chi connectivity index (χ2n) is 5.48. The number of imide groups is 1. The number of carbonyl (C=O) groups excluding carboxylic acids is 3. The second kappa shape index (κ2) is 6.04. The van der Waals surface area contributed by atoms with E-state index in [9.17, 15) is 14.4 Å². The third kappa shape index (κ3) is 3.28. The second-order valence-corrected chi connectivity index (χ2v) is 5.48. The number of amides is 3. The zero-order valence-corrected chi connectivity index (χ0v) is 12.4. The maximum absolute atomic E-state index is 11.6. The van der Waals surface area contributed by atoms with Gasteiger partial charge in [0.05, 0.1) is 24.8 Å². The van der Waals surface area contributed by atoms with Gasteiger partial charge in [-0.25, -0.2) is 0 Å². The molecule has 7 heteroatoms. The van der Waals surface area contributed by atoms with Crippen LogP contribution in [-0.4, -0.2) is 32.4 Å². The fourth-order valence-electron chi connectivity index (χ4n) is 2.50. The molecule has 1 aliphatic rings. The van der Waals surface area contributed by atoms with E-state index < -0.39 is 5.91 Å². The Kier molecular flexibility index (Phi) is 3.92. The maximum Gasteiger partial charge on any atom is 0.251 e. The van der Waals surface area contributed by atoms with Gasteiger partial charge in [-0.05, 0) is 11.1 Å².